The molecule has 0 heterocycles. The maximum Gasteiger partial charge on any atom is -0.00200 e. The highest BCUT2D eigenvalue weighted by atomic mass is 14.3. The smallest absolute Gasteiger partial charge is 0.00200 e. The van der Waals surface area contributed by atoms with Gasteiger partial charge in [-0.05, 0) is 252 Å². The first-order valence-electron chi connectivity index (χ1n) is 42.1. The van der Waals surface area contributed by atoms with Gasteiger partial charge >= 0.3 is 0 Å². The fourth-order valence-corrected chi connectivity index (χ4v) is 19.1. The summed E-state index contributed by atoms with van der Waals surface area (Å²) in [6, 6.07) is 166. The summed E-state index contributed by atoms with van der Waals surface area (Å²) < 4.78 is 0. The van der Waals surface area contributed by atoms with Crippen LogP contribution in [0.1, 0.15) is 16.7 Å². The molecule has 0 saturated heterocycles. The maximum absolute atomic E-state index is 2.37. The zero-order valence-corrected chi connectivity index (χ0v) is 67.8. The van der Waals surface area contributed by atoms with Crippen LogP contribution in [0.5, 0.6) is 0 Å². The first kappa shape index (κ1) is 73.3. The summed E-state index contributed by atoms with van der Waals surface area (Å²) in [6.07, 6.45) is 0. The average molecular weight is 1540 g/mol. The van der Waals surface area contributed by atoms with E-state index >= 15 is 0 Å². The average Bonchev–Trinajstić information content (AvgIpc) is 0.713. The number of hydrogen-bond acceptors (Lipinski definition) is 0. The van der Waals surface area contributed by atoms with Gasteiger partial charge in [-0.3, -0.25) is 0 Å². The minimum atomic E-state index is 1.23. The fourth-order valence-electron chi connectivity index (χ4n) is 19.1. The summed E-state index contributed by atoms with van der Waals surface area (Å²) in [7, 11) is 0. The van der Waals surface area contributed by atoms with Crippen LogP contribution in [0.2, 0.25) is 0 Å². The topological polar surface area (TPSA) is 0 Å². The van der Waals surface area contributed by atoms with Crippen LogP contribution in [-0.4, -0.2) is 0 Å². The summed E-state index contributed by atoms with van der Waals surface area (Å²) in [5.74, 6) is 0. The van der Waals surface area contributed by atoms with E-state index in [-0.39, 0.29) is 0 Å². The predicted molar refractivity (Wildman–Crippen MR) is 523 cm³/mol. The van der Waals surface area contributed by atoms with Gasteiger partial charge in [0.05, 0.1) is 0 Å². The molecule has 23 aromatic rings. The van der Waals surface area contributed by atoms with E-state index in [1.54, 1.807) is 0 Å². The van der Waals surface area contributed by atoms with Gasteiger partial charge in [-0.15, -0.1) is 0 Å². The highest BCUT2D eigenvalue weighted by Crippen LogP contribution is 2.51. The molecule has 0 aliphatic carbocycles. The molecule has 568 valence electrons. The van der Waals surface area contributed by atoms with Crippen molar-refractivity contribution in [3.8, 4) is 111 Å². The molecule has 0 nitrogen and oxygen atoms in total. The van der Waals surface area contributed by atoms with Crippen LogP contribution in [-0.2, 0) is 0 Å². The van der Waals surface area contributed by atoms with E-state index < -0.39 is 0 Å². The van der Waals surface area contributed by atoms with Crippen molar-refractivity contribution in [2.75, 3.05) is 0 Å². The molecule has 0 radical (unpaired) electrons. The van der Waals surface area contributed by atoms with E-state index in [1.165, 1.54) is 236 Å². The van der Waals surface area contributed by atoms with Crippen molar-refractivity contribution in [3.05, 3.63) is 472 Å². The van der Waals surface area contributed by atoms with Crippen molar-refractivity contribution in [2.24, 2.45) is 0 Å². The van der Waals surface area contributed by atoms with E-state index in [9.17, 15) is 0 Å². The lowest BCUT2D eigenvalue weighted by molar-refractivity contribution is 1.50. The standard InChI is InChI=1S/C47H32.C39H28.C35H24/c1-31-20-29-44-45(30-31)47(37-27-23-35(24-28-37)41-19-9-13-33-11-3-5-15-39(33)41)43-17-7-6-16-42(43)46(44)36-25-21-34(22-26-36)40-18-8-12-32-10-2-4-14-38(32)40;1-27-24-25-36-37(26-27)39(33-21-11-9-19-31(33)29-16-6-3-7-17-29)35-23-13-12-22-34(35)38(36)32-20-10-8-18-30(32)28-14-4-2-5-15-28;1-23-14-19-32-33(20-23)35(29-18-16-25-9-3-5-11-27(25)22-29)31-13-7-6-12-30(31)34(32)28-17-15-24-8-2-4-10-26(24)21-28/h2-30H,1H3;2-26H,1H3;2-22H,1H3. The Bertz CT molecular complexity index is 7930. The van der Waals surface area contributed by atoms with E-state index in [1.807, 2.05) is 0 Å². The number of benzene rings is 23. The molecule has 23 rings (SSSR count). The summed E-state index contributed by atoms with van der Waals surface area (Å²) in [5, 5.41) is 25.6. The molecule has 0 fully saturated rings. The van der Waals surface area contributed by atoms with Crippen molar-refractivity contribution in [1.82, 2.24) is 0 Å². The van der Waals surface area contributed by atoms with Gasteiger partial charge in [0.2, 0.25) is 0 Å². The summed E-state index contributed by atoms with van der Waals surface area (Å²) in [5.41, 5.74) is 29.1. The molecular formula is C121H84. The van der Waals surface area contributed by atoms with Gasteiger partial charge < -0.3 is 0 Å². The van der Waals surface area contributed by atoms with Crippen molar-refractivity contribution in [2.45, 2.75) is 20.8 Å². The Labute approximate surface area is 706 Å². The van der Waals surface area contributed by atoms with Crippen LogP contribution >= 0.6 is 0 Å². The molecule has 0 atom stereocenters. The molecule has 0 bridgehead atoms. The molecular weight excluding hydrogens is 1450 g/mol. The minimum Gasteiger partial charge on any atom is -0.0622 e. The number of hydrogen-bond donors (Lipinski definition) is 0. The van der Waals surface area contributed by atoms with Gasteiger partial charge in [0.25, 0.3) is 0 Å². The third-order valence-electron chi connectivity index (χ3n) is 24.7. The second kappa shape index (κ2) is 31.6. The molecule has 0 aliphatic rings. The molecule has 121 heavy (non-hydrogen) atoms. The van der Waals surface area contributed by atoms with Crippen molar-refractivity contribution >= 4 is 108 Å². The van der Waals surface area contributed by atoms with Gasteiger partial charge in [-0.2, -0.15) is 0 Å². The molecule has 0 N–H and O–H groups in total. The van der Waals surface area contributed by atoms with Crippen LogP contribution in [0.15, 0.2) is 455 Å². The molecule has 0 unspecified atom stereocenters. The molecule has 0 aliphatic heterocycles. The lowest BCUT2D eigenvalue weighted by Gasteiger charge is -2.21. The van der Waals surface area contributed by atoms with E-state index in [0.717, 1.165) is 0 Å². The highest BCUT2D eigenvalue weighted by molar-refractivity contribution is 6.26. The maximum atomic E-state index is 2.37. The van der Waals surface area contributed by atoms with Crippen LogP contribution in [0.25, 0.3) is 219 Å². The van der Waals surface area contributed by atoms with Crippen LogP contribution in [0.3, 0.4) is 0 Å². The largest absolute Gasteiger partial charge is 0.0622 e. The van der Waals surface area contributed by atoms with Gasteiger partial charge in [-0.25, -0.2) is 0 Å². The number of rotatable bonds is 10. The summed E-state index contributed by atoms with van der Waals surface area (Å²) in [6.45, 7) is 6.58. The third kappa shape index (κ3) is 13.6. The second-order valence-electron chi connectivity index (χ2n) is 32.2. The number of aryl methyl sites for hydroxylation is 3. The van der Waals surface area contributed by atoms with E-state index in [0.29, 0.717) is 0 Å². The van der Waals surface area contributed by atoms with Crippen molar-refractivity contribution in [3.63, 3.8) is 0 Å². The minimum absolute atomic E-state index is 1.23. The molecule has 0 saturated carbocycles. The lowest BCUT2D eigenvalue weighted by atomic mass is 9.82. The fraction of sp³-hybridized carbons (Fsp3) is 0.0248. The first-order chi connectivity index (χ1) is 59.8. The van der Waals surface area contributed by atoms with Crippen LogP contribution < -0.4 is 0 Å². The quantitative estimate of drug-likeness (QED) is 0.120. The van der Waals surface area contributed by atoms with E-state index in [4.69, 9.17) is 0 Å². The predicted octanol–water partition coefficient (Wildman–Crippen LogP) is 34.2. The molecule has 0 spiro atoms. The van der Waals surface area contributed by atoms with Crippen molar-refractivity contribution < 1.29 is 0 Å². The van der Waals surface area contributed by atoms with Gasteiger partial charge in [-0.1, -0.05) is 460 Å². The Balaban J connectivity index is 0.000000113. The monoisotopic (exact) mass is 1540 g/mol. The summed E-state index contributed by atoms with van der Waals surface area (Å²) in [4.78, 5) is 0. The Morgan fingerprint density at radius 3 is 0.736 bits per heavy atom. The molecule has 23 aromatic carbocycles. The molecule has 0 amide bonds. The Kier molecular flexibility index (Phi) is 19.1. The SMILES string of the molecule is Cc1ccc2c(-c3ccc(-c4cccc5ccccc45)cc3)c3ccccc3c(-c3ccc(-c4cccc5ccccc45)cc3)c2c1.Cc1ccc2c(-c3ccc4ccccc4c3)c3ccccc3c(-c3ccc4ccccc4c3)c2c1.Cc1ccc2c(-c3ccccc3-c3ccccc3)c3ccccc3c(-c3ccccc3-c3ccccc3)c2c1. The van der Waals surface area contributed by atoms with Gasteiger partial charge in [0.15, 0.2) is 0 Å². The molecule has 0 aromatic heterocycles. The number of fused-ring (bicyclic) bond motifs is 10. The Morgan fingerprint density at radius 1 is 0.107 bits per heavy atom. The van der Waals surface area contributed by atoms with Crippen LogP contribution in [0.4, 0.5) is 0 Å². The molecule has 0 heteroatoms. The van der Waals surface area contributed by atoms with Crippen LogP contribution in [0, 0.1) is 20.8 Å². The van der Waals surface area contributed by atoms with Gasteiger partial charge in [0, 0.05) is 0 Å². The van der Waals surface area contributed by atoms with Crippen molar-refractivity contribution in [1.29, 1.82) is 0 Å². The summed E-state index contributed by atoms with van der Waals surface area (Å²) >= 11 is 0. The highest BCUT2D eigenvalue weighted by Gasteiger charge is 2.24. The van der Waals surface area contributed by atoms with Gasteiger partial charge in [0.1, 0.15) is 0 Å². The Hall–Kier alpha value is -15.3. The zero-order chi connectivity index (χ0) is 80.9. The lowest BCUT2D eigenvalue weighted by Crippen LogP contribution is -1.94. The Morgan fingerprint density at radius 2 is 0.339 bits per heavy atom. The second-order valence-corrected chi connectivity index (χ2v) is 32.2. The first-order valence-corrected chi connectivity index (χ1v) is 42.1. The third-order valence-corrected chi connectivity index (χ3v) is 24.7. The van der Waals surface area contributed by atoms with E-state index in [2.05, 4.69) is 476 Å². The zero-order valence-electron chi connectivity index (χ0n) is 67.8. The normalized spacial score (nSPS) is 11.4.